The molecule has 0 fully saturated rings. The van der Waals surface area contributed by atoms with Crippen molar-refractivity contribution in [1.82, 2.24) is 0 Å². The number of hydrogen-bond acceptors (Lipinski definition) is 1. The molecule has 0 N–H and O–H groups in total. The third-order valence-electron chi connectivity index (χ3n) is 1.51. The zero-order valence-electron chi connectivity index (χ0n) is 7.34. The summed E-state index contributed by atoms with van der Waals surface area (Å²) in [5.41, 5.74) is 0. The number of alkyl halides is 1. The van der Waals surface area contributed by atoms with Crippen LogP contribution in [-0.2, 0) is 0 Å². The summed E-state index contributed by atoms with van der Waals surface area (Å²) in [6, 6.07) is 3.85. The van der Waals surface area contributed by atoms with Gasteiger partial charge in [0, 0.05) is 5.33 Å². The molecule has 0 aliphatic carbocycles. The monoisotopic (exact) mass is 262 g/mol. The van der Waals surface area contributed by atoms with E-state index in [2.05, 4.69) is 15.9 Å². The fraction of sp³-hybridized carbons (Fsp3) is 0.200. The van der Waals surface area contributed by atoms with Crippen LogP contribution < -0.4 is 4.74 Å². The highest BCUT2D eigenvalue weighted by Gasteiger charge is 2.07. The highest BCUT2D eigenvalue weighted by Crippen LogP contribution is 2.18. The molecule has 0 saturated heterocycles. The van der Waals surface area contributed by atoms with E-state index in [9.17, 15) is 8.78 Å². The van der Waals surface area contributed by atoms with Crippen molar-refractivity contribution in [2.45, 2.75) is 0 Å². The maximum atomic E-state index is 13.0. The number of ether oxygens (including phenoxy) is 1. The van der Waals surface area contributed by atoms with Crippen LogP contribution in [0.25, 0.3) is 0 Å². The minimum Gasteiger partial charge on any atom is -0.486 e. The van der Waals surface area contributed by atoms with Gasteiger partial charge >= 0.3 is 0 Å². The molecule has 0 bridgehead atoms. The zero-order chi connectivity index (χ0) is 10.4. The maximum Gasteiger partial charge on any atom is 0.200 e. The van der Waals surface area contributed by atoms with Gasteiger partial charge in [0.1, 0.15) is 6.61 Å². The van der Waals surface area contributed by atoms with Gasteiger partial charge in [-0.3, -0.25) is 0 Å². The van der Waals surface area contributed by atoms with Crippen molar-refractivity contribution in [3.63, 3.8) is 0 Å². The Morgan fingerprint density at radius 1 is 1.29 bits per heavy atom. The minimum atomic E-state index is -0.945. The Balaban J connectivity index is 2.59. The van der Waals surface area contributed by atoms with Crippen LogP contribution in [0.15, 0.2) is 30.4 Å². The van der Waals surface area contributed by atoms with Crippen molar-refractivity contribution in [3.8, 4) is 5.75 Å². The molecule has 0 unspecified atom stereocenters. The highest BCUT2D eigenvalue weighted by molar-refractivity contribution is 9.09. The summed E-state index contributed by atoms with van der Waals surface area (Å²) >= 11 is 3.19. The van der Waals surface area contributed by atoms with Gasteiger partial charge in [0.15, 0.2) is 11.6 Å². The topological polar surface area (TPSA) is 9.23 Å². The molecule has 0 saturated carbocycles. The smallest absolute Gasteiger partial charge is 0.200 e. The van der Waals surface area contributed by atoms with Gasteiger partial charge in [0.05, 0.1) is 0 Å². The van der Waals surface area contributed by atoms with Gasteiger partial charge in [-0.05, 0) is 12.1 Å². The van der Waals surface area contributed by atoms with Gasteiger partial charge < -0.3 is 4.74 Å². The summed E-state index contributed by atoms with van der Waals surface area (Å²) in [6.07, 6.45) is 3.54. The molecule has 14 heavy (non-hydrogen) atoms. The highest BCUT2D eigenvalue weighted by atomic mass is 79.9. The molecule has 1 aromatic carbocycles. The SMILES string of the molecule is Fc1cccc(OCC=CCBr)c1F. The quantitative estimate of drug-likeness (QED) is 0.598. The first-order chi connectivity index (χ1) is 6.75. The van der Waals surface area contributed by atoms with E-state index in [-0.39, 0.29) is 12.4 Å². The molecule has 0 atom stereocenters. The Morgan fingerprint density at radius 3 is 2.79 bits per heavy atom. The first kappa shape index (κ1) is 11.2. The van der Waals surface area contributed by atoms with Crippen LogP contribution in [0.1, 0.15) is 0 Å². The van der Waals surface area contributed by atoms with Crippen LogP contribution in [0.3, 0.4) is 0 Å². The first-order valence-electron chi connectivity index (χ1n) is 4.03. The molecule has 0 aliphatic rings. The second kappa shape index (κ2) is 5.75. The third-order valence-corrected chi connectivity index (χ3v) is 1.88. The fourth-order valence-electron chi connectivity index (χ4n) is 0.864. The molecule has 0 heterocycles. The molecule has 0 aromatic heterocycles. The largest absolute Gasteiger partial charge is 0.486 e. The Morgan fingerprint density at radius 2 is 2.07 bits per heavy atom. The standard InChI is InChI=1S/C10H9BrF2O/c11-6-1-2-7-14-9-5-3-4-8(12)10(9)13/h1-5H,6-7H2. The van der Waals surface area contributed by atoms with E-state index in [1.807, 2.05) is 6.08 Å². The lowest BCUT2D eigenvalue weighted by Crippen LogP contribution is -1.97. The van der Waals surface area contributed by atoms with Gasteiger partial charge in [-0.25, -0.2) is 4.39 Å². The summed E-state index contributed by atoms with van der Waals surface area (Å²) in [5.74, 6) is -1.91. The number of hydrogen-bond donors (Lipinski definition) is 0. The van der Waals surface area contributed by atoms with Gasteiger partial charge in [-0.2, -0.15) is 4.39 Å². The van der Waals surface area contributed by atoms with Crippen molar-refractivity contribution in [2.24, 2.45) is 0 Å². The molecule has 1 nitrogen and oxygen atoms in total. The first-order valence-corrected chi connectivity index (χ1v) is 5.15. The Hall–Kier alpha value is -0.900. The molecule has 0 amide bonds. The molecule has 4 heteroatoms. The van der Waals surface area contributed by atoms with Crippen LogP contribution in [0.4, 0.5) is 8.78 Å². The predicted octanol–water partition coefficient (Wildman–Crippen LogP) is 3.29. The van der Waals surface area contributed by atoms with E-state index < -0.39 is 11.6 Å². The van der Waals surface area contributed by atoms with Crippen molar-refractivity contribution < 1.29 is 13.5 Å². The molecule has 1 aromatic rings. The van der Waals surface area contributed by atoms with Crippen molar-refractivity contribution in [2.75, 3.05) is 11.9 Å². The summed E-state index contributed by atoms with van der Waals surface area (Å²) < 4.78 is 30.6. The van der Waals surface area contributed by atoms with Crippen LogP contribution in [0.5, 0.6) is 5.75 Å². The van der Waals surface area contributed by atoms with E-state index in [1.54, 1.807) is 6.08 Å². The molecule has 0 radical (unpaired) electrons. The third kappa shape index (κ3) is 3.10. The van der Waals surface area contributed by atoms with Crippen LogP contribution in [0.2, 0.25) is 0 Å². The summed E-state index contributed by atoms with van der Waals surface area (Å²) in [5, 5.41) is 0.710. The molecular weight excluding hydrogens is 254 g/mol. The Kier molecular flexibility index (Phi) is 4.59. The summed E-state index contributed by atoms with van der Waals surface area (Å²) in [6.45, 7) is 0.228. The van der Waals surface area contributed by atoms with E-state index in [0.29, 0.717) is 5.33 Å². The maximum absolute atomic E-state index is 13.0. The summed E-state index contributed by atoms with van der Waals surface area (Å²) in [7, 11) is 0. The van der Waals surface area contributed by atoms with Crippen LogP contribution in [0, 0.1) is 11.6 Å². The Labute approximate surface area is 89.5 Å². The number of rotatable bonds is 4. The average Bonchev–Trinajstić information content (AvgIpc) is 2.19. The number of halogens is 3. The molecular formula is C10H9BrF2O. The van der Waals surface area contributed by atoms with E-state index in [0.717, 1.165) is 6.07 Å². The van der Waals surface area contributed by atoms with Gasteiger partial charge in [-0.15, -0.1) is 0 Å². The van der Waals surface area contributed by atoms with Crippen LogP contribution >= 0.6 is 15.9 Å². The van der Waals surface area contributed by atoms with E-state index in [4.69, 9.17) is 4.74 Å². The lowest BCUT2D eigenvalue weighted by molar-refractivity contribution is 0.332. The number of benzene rings is 1. The van der Waals surface area contributed by atoms with Crippen molar-refractivity contribution in [1.29, 1.82) is 0 Å². The van der Waals surface area contributed by atoms with Gasteiger partial charge in [-0.1, -0.05) is 34.1 Å². The normalized spacial score (nSPS) is 10.8. The molecule has 0 spiro atoms. The number of allylic oxidation sites excluding steroid dienone is 1. The van der Waals surface area contributed by atoms with Crippen molar-refractivity contribution in [3.05, 3.63) is 42.0 Å². The Bertz CT molecular complexity index is 326. The lowest BCUT2D eigenvalue weighted by atomic mass is 10.3. The molecule has 1 rings (SSSR count). The fourth-order valence-corrected chi connectivity index (χ4v) is 1.13. The molecule has 76 valence electrons. The van der Waals surface area contributed by atoms with E-state index in [1.165, 1.54) is 12.1 Å². The zero-order valence-corrected chi connectivity index (χ0v) is 8.93. The minimum absolute atomic E-state index is 0.0655. The van der Waals surface area contributed by atoms with Gasteiger partial charge in [0.2, 0.25) is 5.82 Å². The van der Waals surface area contributed by atoms with Crippen LogP contribution in [-0.4, -0.2) is 11.9 Å². The van der Waals surface area contributed by atoms with E-state index >= 15 is 0 Å². The second-order valence-corrected chi connectivity index (χ2v) is 3.14. The predicted molar refractivity (Wildman–Crippen MR) is 54.8 cm³/mol. The average molecular weight is 263 g/mol. The lowest BCUT2D eigenvalue weighted by Gasteiger charge is -2.04. The summed E-state index contributed by atoms with van der Waals surface area (Å²) in [4.78, 5) is 0. The second-order valence-electron chi connectivity index (χ2n) is 2.49. The molecule has 0 aliphatic heterocycles. The van der Waals surface area contributed by atoms with Crippen molar-refractivity contribution >= 4 is 15.9 Å². The van der Waals surface area contributed by atoms with Gasteiger partial charge in [0.25, 0.3) is 0 Å².